The van der Waals surface area contributed by atoms with Gasteiger partial charge < -0.3 is 36.0 Å². The van der Waals surface area contributed by atoms with Gasteiger partial charge in [0, 0.05) is 31.9 Å². The fourth-order valence-corrected chi connectivity index (χ4v) is 8.70. The summed E-state index contributed by atoms with van der Waals surface area (Å²) < 4.78 is 5.90. The molecule has 0 bridgehead atoms. The Hall–Kier alpha value is -5.34. The smallest absolute Gasteiger partial charge is 0.300 e. The van der Waals surface area contributed by atoms with E-state index in [2.05, 4.69) is 114 Å². The van der Waals surface area contributed by atoms with E-state index in [4.69, 9.17) is 14.6 Å². The summed E-state index contributed by atoms with van der Waals surface area (Å²) in [7, 11) is 0. The van der Waals surface area contributed by atoms with Crippen LogP contribution in [-0.2, 0) is 46.4 Å². The Morgan fingerprint density at radius 1 is 0.816 bits per heavy atom. The first-order valence-corrected chi connectivity index (χ1v) is 29.1. The second kappa shape index (κ2) is 41.8. The average molecular weight is 1070 g/mol. The van der Waals surface area contributed by atoms with Crippen molar-refractivity contribution in [3.8, 4) is 5.75 Å². The van der Waals surface area contributed by atoms with Crippen LogP contribution in [0.3, 0.4) is 0 Å². The predicted molar refractivity (Wildman–Crippen MR) is 310 cm³/mol. The number of aliphatic carboxylic acids is 1. The van der Waals surface area contributed by atoms with E-state index < -0.39 is 59.4 Å². The number of Topliss-reactive ketones (excluding diaryl/α,β-unsaturated/α-hetero) is 1. The number of benzene rings is 1. The molecule has 2 heterocycles. The summed E-state index contributed by atoms with van der Waals surface area (Å²) in [5, 5.41) is 18.2. The molecule has 5 rings (SSSR count). The molecule has 5 N–H and O–H groups in total. The number of nitrogens with zero attached hydrogens (tertiary/aromatic N) is 2. The topological polar surface area (TPSA) is 213 Å². The molecule has 2 aliphatic carbocycles. The van der Waals surface area contributed by atoms with Crippen molar-refractivity contribution in [2.75, 3.05) is 19.7 Å². The number of nitrogens with one attached hydrogen (secondary N) is 4. The highest BCUT2D eigenvalue weighted by Gasteiger charge is 2.38. The molecule has 15 heteroatoms. The Morgan fingerprint density at radius 2 is 1.43 bits per heavy atom. The molecule has 0 aromatic heterocycles. The highest BCUT2D eigenvalue weighted by Crippen LogP contribution is 2.38. The van der Waals surface area contributed by atoms with Crippen molar-refractivity contribution in [1.29, 1.82) is 0 Å². The third-order valence-electron chi connectivity index (χ3n) is 12.5. The van der Waals surface area contributed by atoms with Crippen molar-refractivity contribution in [3.63, 3.8) is 0 Å². The Labute approximate surface area is 459 Å². The van der Waals surface area contributed by atoms with Crippen molar-refractivity contribution in [2.24, 2.45) is 16.8 Å². The van der Waals surface area contributed by atoms with Gasteiger partial charge >= 0.3 is 0 Å². The number of carboxylic acid groups (broad SMARTS) is 1. The highest BCUT2D eigenvalue weighted by molar-refractivity contribution is 6.38. The molecule has 0 spiro atoms. The summed E-state index contributed by atoms with van der Waals surface area (Å²) in [6, 6.07) is 2.18. The van der Waals surface area contributed by atoms with E-state index in [1.54, 1.807) is 18.6 Å². The minimum Gasteiger partial charge on any atom is -0.493 e. The lowest BCUT2D eigenvalue weighted by Gasteiger charge is -2.30. The first-order chi connectivity index (χ1) is 36.2. The van der Waals surface area contributed by atoms with Crippen LogP contribution in [0.5, 0.6) is 5.75 Å². The number of allylic oxidation sites excluding steroid dienone is 1. The quantitative estimate of drug-likeness (QED) is 0.0342. The Balaban J connectivity index is 0.00000139. The van der Waals surface area contributed by atoms with Gasteiger partial charge in [-0.1, -0.05) is 146 Å². The zero-order chi connectivity index (χ0) is 57.6. The van der Waals surface area contributed by atoms with Gasteiger partial charge in [-0.3, -0.25) is 38.6 Å². The van der Waals surface area contributed by atoms with Gasteiger partial charge in [-0.05, 0) is 124 Å². The number of carbonyl (C=O) groups excluding carboxylic acids is 6. The Bertz CT molecular complexity index is 1950. The molecule has 1 aromatic rings. The van der Waals surface area contributed by atoms with E-state index in [-0.39, 0.29) is 24.1 Å². The molecule has 76 heavy (non-hydrogen) atoms. The van der Waals surface area contributed by atoms with E-state index in [0.717, 1.165) is 70.8 Å². The largest absolute Gasteiger partial charge is 0.493 e. The van der Waals surface area contributed by atoms with Crippen molar-refractivity contribution < 1.29 is 43.4 Å². The number of fused-ring (bicyclic) bond motifs is 1. The van der Waals surface area contributed by atoms with E-state index in [1.165, 1.54) is 85.6 Å². The van der Waals surface area contributed by atoms with Crippen LogP contribution in [0.25, 0.3) is 0 Å². The van der Waals surface area contributed by atoms with Crippen LogP contribution in [0, 0.1) is 11.8 Å². The van der Waals surface area contributed by atoms with Crippen LogP contribution >= 0.6 is 0 Å². The molecule has 15 nitrogen and oxygen atoms in total. The lowest BCUT2D eigenvalue weighted by Crippen LogP contribution is -2.56. The average Bonchev–Trinajstić information content (AvgIpc) is 4.06. The highest BCUT2D eigenvalue weighted by atomic mass is 16.5. The third kappa shape index (κ3) is 29.3. The van der Waals surface area contributed by atoms with Crippen molar-refractivity contribution >= 4 is 47.5 Å². The van der Waals surface area contributed by atoms with Gasteiger partial charge in [-0.2, -0.15) is 0 Å². The number of hydrogen-bond acceptors (Lipinski definition) is 9. The monoisotopic (exact) mass is 1060 g/mol. The zero-order valence-electron chi connectivity index (χ0n) is 49.5. The summed E-state index contributed by atoms with van der Waals surface area (Å²) >= 11 is 0. The van der Waals surface area contributed by atoms with Crippen LogP contribution < -0.4 is 26.0 Å². The van der Waals surface area contributed by atoms with Gasteiger partial charge in [0.15, 0.2) is 0 Å². The van der Waals surface area contributed by atoms with E-state index in [9.17, 15) is 28.8 Å². The zero-order valence-corrected chi connectivity index (χ0v) is 49.5. The molecule has 5 amide bonds. The van der Waals surface area contributed by atoms with Gasteiger partial charge in [0.1, 0.15) is 17.8 Å². The number of aryl methyl sites for hydroxylation is 2. The van der Waals surface area contributed by atoms with Crippen LogP contribution in [0.1, 0.15) is 228 Å². The minimum atomic E-state index is -0.967. The van der Waals surface area contributed by atoms with Gasteiger partial charge in [-0.15, -0.1) is 0 Å². The Kier molecular flexibility index (Phi) is 38.8. The molecule has 1 saturated heterocycles. The molecule has 3 fully saturated rings. The first kappa shape index (κ1) is 70.7. The maximum absolute atomic E-state index is 13.3. The first-order valence-electron chi connectivity index (χ1n) is 29.1. The normalized spacial score (nSPS) is 17.3. The summed E-state index contributed by atoms with van der Waals surface area (Å²) in [6.07, 6.45) is 23.8. The lowest BCUT2D eigenvalue weighted by molar-refractivity contribution is -0.142. The number of ether oxygens (including phenoxy) is 1. The summed E-state index contributed by atoms with van der Waals surface area (Å²) in [5.74, 6) is -1.50. The molecular formula is C61H104N6O9. The predicted octanol–water partition coefficient (Wildman–Crippen LogP) is 11.3. The molecule has 2 saturated carbocycles. The molecular weight excluding hydrogens is 961 g/mol. The van der Waals surface area contributed by atoms with Crippen molar-refractivity contribution in [1.82, 2.24) is 26.2 Å². The van der Waals surface area contributed by atoms with Crippen LogP contribution in [-0.4, -0.2) is 101 Å². The number of ketones is 1. The molecule has 432 valence electrons. The number of carbonyl (C=O) groups is 7. The van der Waals surface area contributed by atoms with E-state index >= 15 is 0 Å². The van der Waals surface area contributed by atoms with Crippen LogP contribution in [0.4, 0.5) is 0 Å². The lowest BCUT2D eigenvalue weighted by atomic mass is 9.83. The fraction of sp³-hybridized carbons (Fsp3) is 0.705. The maximum atomic E-state index is 13.3. The van der Waals surface area contributed by atoms with Gasteiger partial charge in [0.25, 0.3) is 17.8 Å². The summed E-state index contributed by atoms with van der Waals surface area (Å²) in [4.78, 5) is 91.9. The fourth-order valence-electron chi connectivity index (χ4n) is 8.70. The summed E-state index contributed by atoms with van der Waals surface area (Å²) in [6.45, 7) is 31.2. The number of rotatable bonds is 21. The number of aliphatic imine (C=N–C) groups is 1. The molecule has 2 aliphatic heterocycles. The van der Waals surface area contributed by atoms with Crippen molar-refractivity contribution in [3.05, 3.63) is 53.3 Å². The number of amides is 5. The minimum absolute atomic E-state index is 0.0227. The van der Waals surface area contributed by atoms with E-state index in [0.29, 0.717) is 38.1 Å². The standard InChI is InChI=1S/C31H46N6O6.C18H28O.C4H10.2C3H8.C2H4O2/c1-4-10-23(27(39)31(43)34-22-14-15-22)35-29(41)24-13-9-17-37(24)25(38)19-33-30(42)26(21-11-7-6-8-12-21)36-28(40)20(3)18-32-16-5-2;1-4-7-8-9-16-13-18-17(12-15(16)6-3)14(5-2)10-11-19-18;1-4(2)3;2*1-3-2;1-2(3)4/h5,16,18,21-24,26H,3-4,6-15,17,19H2,1-2H3,(H,33,42)(H,34,43)(H,35,41)(H,36,40);12-14H,4-11H2,1-3H3;4H,1-3H3;2*3H2,1-2H3;1H3,(H,3,4)/b16-5-,32-18?;;;;;. The second-order valence-corrected chi connectivity index (χ2v) is 20.9. The molecule has 4 aliphatic rings. The molecule has 1 aromatic carbocycles. The van der Waals surface area contributed by atoms with Gasteiger partial charge in [0.05, 0.1) is 24.8 Å². The Morgan fingerprint density at radius 3 is 1.97 bits per heavy atom. The maximum Gasteiger partial charge on any atom is 0.300 e. The summed E-state index contributed by atoms with van der Waals surface area (Å²) in [5.41, 5.74) is 4.63. The van der Waals surface area contributed by atoms with Crippen LogP contribution in [0.2, 0.25) is 0 Å². The van der Waals surface area contributed by atoms with E-state index in [1.807, 2.05) is 6.92 Å². The number of hydrogen-bond donors (Lipinski definition) is 5. The molecule has 4 atom stereocenters. The van der Waals surface area contributed by atoms with Crippen LogP contribution in [0.15, 0.2) is 41.6 Å². The van der Waals surface area contributed by atoms with Crippen molar-refractivity contribution in [2.45, 2.75) is 249 Å². The number of unbranched alkanes of at least 4 members (excludes halogenated alkanes) is 2. The van der Waals surface area contributed by atoms with Gasteiger partial charge in [0.2, 0.25) is 23.5 Å². The molecule has 0 radical (unpaired) electrons. The molecule has 4 unspecified atom stereocenters. The number of likely N-dealkylation sites (tertiary alicyclic amines) is 1. The SMILES string of the molecule is C=C(C=N/C=C\C)C(=O)NC(C(=O)NCC(=O)N1CCCC1C(=O)NC(CCC)C(=O)C(=O)NC1CC1)C1CCCCC1.CC(=O)O.CC(C)C.CCC.CCC.CCCCCc1cc2c(cc1CC)C(CC)CCO2. The second-order valence-electron chi connectivity index (χ2n) is 20.9. The van der Waals surface area contributed by atoms with Gasteiger partial charge in [-0.25, -0.2) is 0 Å². The third-order valence-corrected chi connectivity index (χ3v) is 12.5. The number of carboxylic acids is 1.